The second kappa shape index (κ2) is 6.29. The molecule has 1 aromatic carbocycles. The lowest BCUT2D eigenvalue weighted by atomic mass is 10.1. The number of para-hydroxylation sites is 1. The van der Waals surface area contributed by atoms with E-state index in [0.29, 0.717) is 10.6 Å². The third-order valence-electron chi connectivity index (χ3n) is 3.68. The number of rotatable bonds is 3. The van der Waals surface area contributed by atoms with Crippen LogP contribution in [-0.4, -0.2) is 20.9 Å². The number of thiazole rings is 1. The van der Waals surface area contributed by atoms with Gasteiger partial charge in [-0.25, -0.2) is 4.98 Å². The van der Waals surface area contributed by atoms with E-state index < -0.39 is 11.5 Å². The molecule has 0 saturated heterocycles. The van der Waals surface area contributed by atoms with E-state index in [1.165, 1.54) is 11.3 Å². The van der Waals surface area contributed by atoms with Crippen LogP contribution >= 0.6 is 11.3 Å². The van der Waals surface area contributed by atoms with Gasteiger partial charge in [-0.1, -0.05) is 18.2 Å². The number of aromatic nitrogens is 3. The van der Waals surface area contributed by atoms with Crippen molar-refractivity contribution in [3.63, 3.8) is 0 Å². The van der Waals surface area contributed by atoms with E-state index >= 15 is 0 Å². The second-order valence-electron chi connectivity index (χ2n) is 5.33. The number of hydrogen-bond donors (Lipinski definition) is 2. The van der Waals surface area contributed by atoms with Crippen molar-refractivity contribution in [3.05, 3.63) is 76.2 Å². The van der Waals surface area contributed by atoms with Crippen molar-refractivity contribution in [1.82, 2.24) is 15.0 Å². The Hall–Kier alpha value is -3.32. The molecule has 2 N–H and O–H groups in total. The number of nitrogens with zero attached hydrogens (tertiary/aromatic N) is 2. The monoisotopic (exact) mass is 348 g/mol. The summed E-state index contributed by atoms with van der Waals surface area (Å²) in [7, 11) is 0. The lowest BCUT2D eigenvalue weighted by Crippen LogP contribution is -2.22. The predicted octanol–water partition coefficient (Wildman–Crippen LogP) is 3.30. The molecule has 0 radical (unpaired) electrons. The summed E-state index contributed by atoms with van der Waals surface area (Å²) in [6, 6.07) is 12.6. The molecule has 0 fully saturated rings. The number of pyridine rings is 2. The topological polar surface area (TPSA) is 87.7 Å². The highest BCUT2D eigenvalue weighted by molar-refractivity contribution is 7.14. The smallest absolute Gasteiger partial charge is 0.263 e. The molecular formula is C18H12N4O2S. The van der Waals surface area contributed by atoms with Crippen LogP contribution in [0.3, 0.4) is 0 Å². The van der Waals surface area contributed by atoms with Gasteiger partial charge < -0.3 is 4.98 Å². The molecule has 0 bridgehead atoms. The molecule has 0 aliphatic heterocycles. The Bertz CT molecular complexity index is 1120. The summed E-state index contributed by atoms with van der Waals surface area (Å²) in [5.74, 6) is -0.487. The van der Waals surface area contributed by atoms with Crippen molar-refractivity contribution < 1.29 is 4.79 Å². The minimum Gasteiger partial charge on any atom is -0.321 e. The first-order valence-electron chi connectivity index (χ1n) is 7.50. The van der Waals surface area contributed by atoms with E-state index in [1.807, 2.05) is 35.7 Å². The standard InChI is InChI=1S/C18H12N4O2S/c23-16-13(8-11-4-1-2-6-14(11)20-16)17(24)22-18-21-15(10-25-18)12-5-3-7-19-9-12/h1-10H,(H,20,23)(H,21,22,24). The number of aromatic amines is 1. The van der Waals surface area contributed by atoms with E-state index in [4.69, 9.17) is 0 Å². The first kappa shape index (κ1) is 15.2. The van der Waals surface area contributed by atoms with Gasteiger partial charge in [0.1, 0.15) is 5.56 Å². The van der Waals surface area contributed by atoms with Crippen molar-refractivity contribution >= 4 is 33.3 Å². The molecule has 0 saturated carbocycles. The zero-order valence-corrected chi connectivity index (χ0v) is 13.7. The highest BCUT2D eigenvalue weighted by Gasteiger charge is 2.14. The largest absolute Gasteiger partial charge is 0.321 e. The van der Waals surface area contributed by atoms with Gasteiger partial charge in [-0.05, 0) is 29.7 Å². The maximum absolute atomic E-state index is 12.4. The van der Waals surface area contributed by atoms with E-state index in [9.17, 15) is 9.59 Å². The average molecular weight is 348 g/mol. The third-order valence-corrected chi connectivity index (χ3v) is 4.44. The van der Waals surface area contributed by atoms with Crippen LogP contribution < -0.4 is 10.9 Å². The normalized spacial score (nSPS) is 10.7. The molecule has 0 aliphatic carbocycles. The number of H-pyrrole nitrogens is 1. The van der Waals surface area contributed by atoms with E-state index in [-0.39, 0.29) is 5.56 Å². The van der Waals surface area contributed by atoms with Gasteiger partial charge in [0, 0.05) is 28.9 Å². The molecule has 3 heterocycles. The van der Waals surface area contributed by atoms with Crippen LogP contribution in [0.2, 0.25) is 0 Å². The molecule has 4 aromatic rings. The van der Waals surface area contributed by atoms with Crippen molar-refractivity contribution in [3.8, 4) is 11.3 Å². The number of amides is 1. The first-order chi connectivity index (χ1) is 12.2. The Morgan fingerprint density at radius 1 is 1.16 bits per heavy atom. The number of fused-ring (bicyclic) bond motifs is 1. The van der Waals surface area contributed by atoms with Gasteiger partial charge in [0.05, 0.1) is 5.69 Å². The third kappa shape index (κ3) is 3.05. The molecule has 0 spiro atoms. The molecule has 6 nitrogen and oxygen atoms in total. The lowest BCUT2D eigenvalue weighted by Gasteiger charge is -2.03. The van der Waals surface area contributed by atoms with Gasteiger partial charge in [-0.3, -0.25) is 19.9 Å². The van der Waals surface area contributed by atoms with Crippen LogP contribution in [0.25, 0.3) is 22.2 Å². The molecule has 0 atom stereocenters. The van der Waals surface area contributed by atoms with Crippen LogP contribution in [0.15, 0.2) is 65.0 Å². The fourth-order valence-corrected chi connectivity index (χ4v) is 3.17. The summed E-state index contributed by atoms with van der Waals surface area (Å²) in [5.41, 5.74) is 1.90. The quantitative estimate of drug-likeness (QED) is 0.595. The van der Waals surface area contributed by atoms with Crippen molar-refractivity contribution in [2.24, 2.45) is 0 Å². The Morgan fingerprint density at radius 2 is 2.04 bits per heavy atom. The van der Waals surface area contributed by atoms with Gasteiger partial charge in [-0.2, -0.15) is 0 Å². The van der Waals surface area contributed by atoms with Gasteiger partial charge in [0.25, 0.3) is 11.5 Å². The summed E-state index contributed by atoms with van der Waals surface area (Å²) in [5, 5.41) is 5.73. The summed E-state index contributed by atoms with van der Waals surface area (Å²) >= 11 is 1.29. The number of carbonyl (C=O) groups is 1. The molecule has 3 aromatic heterocycles. The number of carbonyl (C=O) groups excluding carboxylic acids is 1. The van der Waals surface area contributed by atoms with E-state index in [0.717, 1.165) is 16.6 Å². The number of anilines is 1. The van der Waals surface area contributed by atoms with Crippen LogP contribution in [0.5, 0.6) is 0 Å². The molecule has 4 rings (SSSR count). The second-order valence-corrected chi connectivity index (χ2v) is 6.19. The first-order valence-corrected chi connectivity index (χ1v) is 8.38. The highest BCUT2D eigenvalue weighted by atomic mass is 32.1. The predicted molar refractivity (Wildman–Crippen MR) is 97.9 cm³/mol. The number of nitrogens with one attached hydrogen (secondary N) is 2. The van der Waals surface area contributed by atoms with Gasteiger partial charge in [0.15, 0.2) is 5.13 Å². The summed E-state index contributed by atoms with van der Waals surface area (Å²) < 4.78 is 0. The number of benzene rings is 1. The van der Waals surface area contributed by atoms with Crippen LogP contribution in [0.4, 0.5) is 5.13 Å². The van der Waals surface area contributed by atoms with Crippen molar-refractivity contribution in [2.45, 2.75) is 0 Å². The maximum Gasteiger partial charge on any atom is 0.263 e. The van der Waals surface area contributed by atoms with Crippen LogP contribution in [-0.2, 0) is 0 Å². The Labute approximate surface area is 146 Å². The summed E-state index contributed by atoms with van der Waals surface area (Å²) in [6.07, 6.45) is 3.39. The minimum atomic E-state index is -0.487. The highest BCUT2D eigenvalue weighted by Crippen LogP contribution is 2.24. The average Bonchev–Trinajstić information content (AvgIpc) is 3.10. The summed E-state index contributed by atoms with van der Waals surface area (Å²) in [6.45, 7) is 0. The maximum atomic E-state index is 12.4. The Balaban J connectivity index is 1.61. The fraction of sp³-hybridized carbons (Fsp3) is 0. The van der Waals surface area contributed by atoms with Crippen LogP contribution in [0.1, 0.15) is 10.4 Å². The molecule has 7 heteroatoms. The molecule has 0 aliphatic rings. The van der Waals surface area contributed by atoms with Crippen molar-refractivity contribution in [1.29, 1.82) is 0 Å². The Kier molecular flexibility index (Phi) is 3.83. The van der Waals surface area contributed by atoms with Crippen LogP contribution in [0, 0.1) is 0 Å². The van der Waals surface area contributed by atoms with Gasteiger partial charge >= 0.3 is 0 Å². The van der Waals surface area contributed by atoms with Gasteiger partial charge in [-0.15, -0.1) is 11.3 Å². The summed E-state index contributed by atoms with van der Waals surface area (Å²) in [4.78, 5) is 35.7. The molecular weight excluding hydrogens is 336 g/mol. The lowest BCUT2D eigenvalue weighted by molar-refractivity contribution is 0.102. The zero-order chi connectivity index (χ0) is 17.2. The molecule has 1 amide bonds. The molecule has 0 unspecified atom stereocenters. The minimum absolute atomic E-state index is 0.0526. The zero-order valence-electron chi connectivity index (χ0n) is 12.9. The van der Waals surface area contributed by atoms with Gasteiger partial charge in [0.2, 0.25) is 0 Å². The number of hydrogen-bond acceptors (Lipinski definition) is 5. The van der Waals surface area contributed by atoms with Crippen molar-refractivity contribution in [2.75, 3.05) is 5.32 Å². The molecule has 122 valence electrons. The van der Waals surface area contributed by atoms with E-state index in [2.05, 4.69) is 20.3 Å². The van der Waals surface area contributed by atoms with E-state index in [1.54, 1.807) is 24.5 Å². The fourth-order valence-electron chi connectivity index (χ4n) is 2.46. The SMILES string of the molecule is O=C(Nc1nc(-c2cccnc2)cs1)c1cc2ccccc2[nH]c1=O. The Morgan fingerprint density at radius 3 is 2.88 bits per heavy atom. The molecule has 25 heavy (non-hydrogen) atoms.